The normalized spacial score (nSPS) is 17.0. The summed E-state index contributed by atoms with van der Waals surface area (Å²) in [6.45, 7) is 8.83. The lowest BCUT2D eigenvalue weighted by Gasteiger charge is -2.35. The van der Waals surface area contributed by atoms with Crippen LogP contribution in [0, 0.1) is 5.41 Å². The average Bonchev–Trinajstić information content (AvgIpc) is 3.18. The molecule has 1 aromatic heterocycles. The smallest absolute Gasteiger partial charge is 0.410 e. The van der Waals surface area contributed by atoms with Crippen molar-refractivity contribution >= 4 is 40.4 Å². The van der Waals surface area contributed by atoms with Crippen LogP contribution in [0.25, 0.3) is 17.0 Å². The van der Waals surface area contributed by atoms with Gasteiger partial charge in [0.25, 0.3) is 0 Å². The van der Waals surface area contributed by atoms with E-state index in [4.69, 9.17) is 19.9 Å². The minimum Gasteiger partial charge on any atom is -0.444 e. The molecule has 0 radical (unpaired) electrons. The summed E-state index contributed by atoms with van der Waals surface area (Å²) in [5.74, 6) is -0.152. The Hall–Kier alpha value is -4.04. The summed E-state index contributed by atoms with van der Waals surface area (Å²) < 4.78 is 11.2. The maximum atomic E-state index is 13.1. The summed E-state index contributed by atoms with van der Waals surface area (Å²) in [4.78, 5) is 33.7. The van der Waals surface area contributed by atoms with E-state index in [0.29, 0.717) is 42.5 Å². The Labute approximate surface area is 228 Å². The highest BCUT2D eigenvalue weighted by Crippen LogP contribution is 2.35. The summed E-state index contributed by atoms with van der Waals surface area (Å²) in [5, 5.41) is 9.59. The van der Waals surface area contributed by atoms with Gasteiger partial charge in [-0.2, -0.15) is 0 Å². The predicted molar refractivity (Wildman–Crippen MR) is 152 cm³/mol. The lowest BCUT2D eigenvalue weighted by Crippen LogP contribution is -2.45. The molecule has 0 saturated carbocycles. The zero-order valence-electron chi connectivity index (χ0n) is 22.9. The van der Waals surface area contributed by atoms with Gasteiger partial charge in [-0.25, -0.2) is 9.78 Å². The number of fused-ring (bicyclic) bond motifs is 2. The van der Waals surface area contributed by atoms with Gasteiger partial charge in [0.1, 0.15) is 5.60 Å². The number of hydrogen-bond acceptors (Lipinski definition) is 6. The molecule has 1 fully saturated rings. The van der Waals surface area contributed by atoms with Gasteiger partial charge in [-0.05, 0) is 69.5 Å². The highest BCUT2D eigenvalue weighted by molar-refractivity contribution is 6.27. The summed E-state index contributed by atoms with van der Waals surface area (Å²) in [7, 11) is 0. The molecule has 0 unspecified atom stereocenters. The first-order valence-electron chi connectivity index (χ1n) is 13.3. The molecule has 0 aliphatic carbocycles. The third-order valence-electron chi connectivity index (χ3n) is 6.90. The number of hydrogen-bond donors (Lipinski definition) is 1. The first-order valence-corrected chi connectivity index (χ1v) is 13.3. The molecule has 2 aromatic carbocycles. The second-order valence-electron chi connectivity index (χ2n) is 11.0. The summed E-state index contributed by atoms with van der Waals surface area (Å²) in [6, 6.07) is 17.3. The Kier molecular flexibility index (Phi) is 7.23. The fourth-order valence-corrected chi connectivity index (χ4v) is 5.10. The minimum absolute atomic E-state index is 0.0616. The molecule has 8 nitrogen and oxygen atoms in total. The van der Waals surface area contributed by atoms with Crippen LogP contribution in [-0.4, -0.2) is 52.5 Å². The Morgan fingerprint density at radius 3 is 2.59 bits per heavy atom. The maximum absolute atomic E-state index is 13.1. The van der Waals surface area contributed by atoms with E-state index in [1.54, 1.807) is 11.0 Å². The fraction of sp³-hybridized carbons (Fsp3) is 0.355. The second kappa shape index (κ2) is 10.6. The summed E-state index contributed by atoms with van der Waals surface area (Å²) in [6.07, 6.45) is 3.03. The number of pyridine rings is 1. The minimum atomic E-state index is -0.576. The van der Waals surface area contributed by atoms with E-state index in [1.807, 2.05) is 80.3 Å². The van der Waals surface area contributed by atoms with Crippen molar-refractivity contribution in [2.45, 2.75) is 58.7 Å². The molecule has 1 N–H and O–H groups in total. The van der Waals surface area contributed by atoms with E-state index in [-0.39, 0.29) is 18.0 Å². The number of rotatable bonds is 4. The molecule has 3 heterocycles. The van der Waals surface area contributed by atoms with Crippen molar-refractivity contribution in [2.75, 3.05) is 18.1 Å². The van der Waals surface area contributed by atoms with Crippen LogP contribution in [0.5, 0.6) is 0 Å². The van der Waals surface area contributed by atoms with Crippen LogP contribution in [0.15, 0.2) is 60.3 Å². The number of anilines is 1. The van der Waals surface area contributed by atoms with Crippen LogP contribution >= 0.6 is 0 Å². The zero-order chi connectivity index (χ0) is 27.7. The number of carbonyl (C=O) groups excluding carboxylic acids is 2. The van der Waals surface area contributed by atoms with Crippen molar-refractivity contribution in [1.82, 2.24) is 9.88 Å². The first kappa shape index (κ1) is 26.6. The Morgan fingerprint density at radius 2 is 1.87 bits per heavy atom. The van der Waals surface area contributed by atoms with Gasteiger partial charge in [-0.3, -0.25) is 15.1 Å². The average molecular weight is 527 g/mol. The Morgan fingerprint density at radius 1 is 1.13 bits per heavy atom. The molecule has 2 aliphatic rings. The lowest BCUT2D eigenvalue weighted by atomic mass is 10.0. The van der Waals surface area contributed by atoms with E-state index in [0.717, 1.165) is 34.9 Å². The van der Waals surface area contributed by atoms with Crippen molar-refractivity contribution in [2.24, 2.45) is 0 Å². The number of para-hydroxylation sites is 1. The number of allylic oxidation sites excluding steroid dienone is 1. The molecule has 0 atom stereocenters. The predicted octanol–water partition coefficient (Wildman–Crippen LogP) is 5.93. The van der Waals surface area contributed by atoms with Gasteiger partial charge in [0, 0.05) is 43.7 Å². The monoisotopic (exact) mass is 526 g/mol. The molecule has 39 heavy (non-hydrogen) atoms. The van der Waals surface area contributed by atoms with Gasteiger partial charge in [-0.15, -0.1) is 0 Å². The molecule has 202 valence electrons. The largest absolute Gasteiger partial charge is 0.444 e. The highest BCUT2D eigenvalue weighted by Gasteiger charge is 2.32. The molecule has 2 aliphatic heterocycles. The molecule has 2 amide bonds. The van der Waals surface area contributed by atoms with Crippen LogP contribution in [0.1, 0.15) is 57.4 Å². The van der Waals surface area contributed by atoms with E-state index in [2.05, 4.69) is 0 Å². The maximum Gasteiger partial charge on any atom is 0.410 e. The van der Waals surface area contributed by atoms with Gasteiger partial charge >= 0.3 is 6.09 Å². The molecule has 0 bridgehead atoms. The molecule has 5 rings (SSSR count). The Balaban J connectivity index is 1.41. The van der Waals surface area contributed by atoms with Crippen molar-refractivity contribution in [3.05, 3.63) is 77.1 Å². The molecule has 0 spiro atoms. The fourth-order valence-electron chi connectivity index (χ4n) is 5.10. The second-order valence-corrected chi connectivity index (χ2v) is 11.0. The number of amides is 2. The highest BCUT2D eigenvalue weighted by atomic mass is 16.6. The molecular formula is C31H34N4O4. The summed E-state index contributed by atoms with van der Waals surface area (Å²) >= 11 is 0. The van der Waals surface area contributed by atoms with Crippen molar-refractivity contribution in [3.8, 4) is 0 Å². The van der Waals surface area contributed by atoms with Gasteiger partial charge in [0.2, 0.25) is 5.91 Å². The number of benzene rings is 2. The van der Waals surface area contributed by atoms with E-state index >= 15 is 0 Å². The first-order chi connectivity index (χ1) is 18.6. The molecule has 1 saturated heterocycles. The van der Waals surface area contributed by atoms with Gasteiger partial charge in [0.05, 0.1) is 28.3 Å². The van der Waals surface area contributed by atoms with E-state index < -0.39 is 5.60 Å². The van der Waals surface area contributed by atoms with Gasteiger partial charge in [0.15, 0.2) is 0 Å². The van der Waals surface area contributed by atoms with Crippen molar-refractivity contribution in [3.63, 3.8) is 0 Å². The van der Waals surface area contributed by atoms with E-state index in [1.165, 1.54) is 6.92 Å². The van der Waals surface area contributed by atoms with Crippen LogP contribution in [0.2, 0.25) is 0 Å². The molecule has 8 heteroatoms. The standard InChI is InChI=1S/C31H34N4O4/c1-20(36)35-27-8-6-5-7-25(27)29(32)28(35)18-23-11-10-22-17-21(9-12-26(22)33-23)19-34(24-13-15-38-16-14-24)30(37)39-31(2,3)4/h5-12,17-18,24,32H,13-16,19H2,1-4H3/b28-18-,32-29?. The third kappa shape index (κ3) is 5.71. The molecule has 3 aromatic rings. The quantitative estimate of drug-likeness (QED) is 0.455. The number of aromatic nitrogens is 1. The topological polar surface area (TPSA) is 95.8 Å². The van der Waals surface area contributed by atoms with Crippen LogP contribution in [0.4, 0.5) is 10.5 Å². The van der Waals surface area contributed by atoms with Crippen LogP contribution < -0.4 is 4.90 Å². The SMILES string of the molecule is CC(=O)N1/C(=C\c2ccc3cc(CN(C(=O)OC(C)(C)C)C4CCOCC4)ccc3n2)C(=N)c2ccccc21. The van der Waals surface area contributed by atoms with Gasteiger partial charge < -0.3 is 14.4 Å². The Bertz CT molecular complexity index is 1470. The zero-order valence-corrected chi connectivity index (χ0v) is 22.9. The van der Waals surface area contributed by atoms with Crippen LogP contribution in [-0.2, 0) is 20.8 Å². The van der Waals surface area contributed by atoms with Gasteiger partial charge in [-0.1, -0.05) is 30.3 Å². The van der Waals surface area contributed by atoms with Crippen molar-refractivity contribution < 1.29 is 19.1 Å². The van der Waals surface area contributed by atoms with Crippen LogP contribution in [0.3, 0.4) is 0 Å². The molecular weight excluding hydrogens is 492 g/mol. The number of ether oxygens (including phenoxy) is 2. The number of nitrogens with one attached hydrogen (secondary N) is 1. The number of nitrogens with zero attached hydrogens (tertiary/aromatic N) is 3. The van der Waals surface area contributed by atoms with Crippen molar-refractivity contribution in [1.29, 1.82) is 5.41 Å². The third-order valence-corrected chi connectivity index (χ3v) is 6.90. The number of carbonyl (C=O) groups is 2. The lowest BCUT2D eigenvalue weighted by molar-refractivity contribution is -0.116. The summed E-state index contributed by atoms with van der Waals surface area (Å²) in [5.41, 5.74) is 4.11. The van der Waals surface area contributed by atoms with E-state index in [9.17, 15) is 9.59 Å².